The van der Waals surface area contributed by atoms with Gasteiger partial charge in [-0.2, -0.15) is 0 Å². The molecule has 0 radical (unpaired) electrons. The van der Waals surface area contributed by atoms with Gasteiger partial charge in [-0.25, -0.2) is 0 Å². The number of carbonyl (C=O) groups excluding carboxylic acids is 1. The molecule has 1 rings (SSSR count). The van der Waals surface area contributed by atoms with Gasteiger partial charge in [0.05, 0.1) is 0 Å². The maximum Gasteiger partial charge on any atom is 0.159 e. The second-order valence-electron chi connectivity index (χ2n) is 4.06. The van der Waals surface area contributed by atoms with E-state index in [1.165, 1.54) is 5.57 Å². The van der Waals surface area contributed by atoms with Crippen LogP contribution in [0.3, 0.4) is 0 Å². The SMILES string of the molecule is CCN(CC)C(C)CC1=CCC(=O)C=C1. The molecular formula is C13H21NO. The van der Waals surface area contributed by atoms with Crippen LogP contribution in [-0.4, -0.2) is 29.8 Å². The quantitative estimate of drug-likeness (QED) is 0.690. The average Bonchev–Trinajstić information content (AvgIpc) is 2.23. The van der Waals surface area contributed by atoms with E-state index in [2.05, 4.69) is 31.7 Å². The number of hydrogen-bond donors (Lipinski definition) is 0. The summed E-state index contributed by atoms with van der Waals surface area (Å²) in [4.78, 5) is 13.4. The largest absolute Gasteiger partial charge is 0.301 e. The first-order chi connectivity index (χ1) is 7.17. The van der Waals surface area contributed by atoms with Crippen LogP contribution in [0, 0.1) is 0 Å². The molecule has 0 heterocycles. The third kappa shape index (κ3) is 3.63. The Morgan fingerprint density at radius 3 is 2.47 bits per heavy atom. The molecule has 0 aromatic carbocycles. The molecule has 1 aliphatic rings. The highest BCUT2D eigenvalue weighted by molar-refractivity contribution is 5.92. The summed E-state index contributed by atoms with van der Waals surface area (Å²) in [5.74, 6) is 0.217. The summed E-state index contributed by atoms with van der Waals surface area (Å²) >= 11 is 0. The number of ketones is 1. The molecule has 2 heteroatoms. The fourth-order valence-corrected chi connectivity index (χ4v) is 2.04. The van der Waals surface area contributed by atoms with Gasteiger partial charge in [0.1, 0.15) is 0 Å². The Morgan fingerprint density at radius 2 is 2.00 bits per heavy atom. The first-order valence-electron chi connectivity index (χ1n) is 5.81. The molecule has 0 fully saturated rings. The minimum atomic E-state index is 0.217. The van der Waals surface area contributed by atoms with Gasteiger partial charge < -0.3 is 4.90 Å². The second kappa shape index (κ2) is 5.86. The zero-order valence-electron chi connectivity index (χ0n) is 9.99. The van der Waals surface area contributed by atoms with E-state index < -0.39 is 0 Å². The van der Waals surface area contributed by atoms with Crippen molar-refractivity contribution in [3.05, 3.63) is 23.8 Å². The van der Waals surface area contributed by atoms with Gasteiger partial charge in [-0.3, -0.25) is 4.79 Å². The summed E-state index contributed by atoms with van der Waals surface area (Å²) < 4.78 is 0. The maximum atomic E-state index is 11.0. The topological polar surface area (TPSA) is 20.3 Å². The number of carbonyl (C=O) groups is 1. The molecule has 0 aromatic heterocycles. The smallest absolute Gasteiger partial charge is 0.159 e. The van der Waals surface area contributed by atoms with E-state index in [0.29, 0.717) is 12.5 Å². The van der Waals surface area contributed by atoms with Gasteiger partial charge in [-0.1, -0.05) is 26.0 Å². The van der Waals surface area contributed by atoms with E-state index in [1.54, 1.807) is 6.08 Å². The van der Waals surface area contributed by atoms with Crippen molar-refractivity contribution in [3.63, 3.8) is 0 Å². The van der Waals surface area contributed by atoms with Crippen molar-refractivity contribution in [3.8, 4) is 0 Å². The molecule has 1 aliphatic carbocycles. The molecule has 0 spiro atoms. The van der Waals surface area contributed by atoms with Gasteiger partial charge in [0.15, 0.2) is 5.78 Å². The number of allylic oxidation sites excluding steroid dienone is 3. The van der Waals surface area contributed by atoms with Gasteiger partial charge in [0.25, 0.3) is 0 Å². The molecule has 0 bridgehead atoms. The monoisotopic (exact) mass is 207 g/mol. The molecule has 2 nitrogen and oxygen atoms in total. The Labute approximate surface area is 92.7 Å². The van der Waals surface area contributed by atoms with Crippen LogP contribution >= 0.6 is 0 Å². The van der Waals surface area contributed by atoms with Crippen molar-refractivity contribution in [1.82, 2.24) is 4.90 Å². The summed E-state index contributed by atoms with van der Waals surface area (Å²) in [5.41, 5.74) is 1.30. The summed E-state index contributed by atoms with van der Waals surface area (Å²) in [7, 11) is 0. The number of rotatable bonds is 5. The Kier molecular flexibility index (Phi) is 4.76. The third-order valence-corrected chi connectivity index (χ3v) is 3.02. The molecule has 0 N–H and O–H groups in total. The predicted molar refractivity (Wildman–Crippen MR) is 63.8 cm³/mol. The van der Waals surface area contributed by atoms with E-state index in [4.69, 9.17) is 0 Å². The highest BCUT2D eigenvalue weighted by Crippen LogP contribution is 2.16. The van der Waals surface area contributed by atoms with Gasteiger partial charge >= 0.3 is 0 Å². The summed E-state index contributed by atoms with van der Waals surface area (Å²) in [6, 6.07) is 0.559. The fourth-order valence-electron chi connectivity index (χ4n) is 2.04. The van der Waals surface area contributed by atoms with Crippen LogP contribution in [0.5, 0.6) is 0 Å². The highest BCUT2D eigenvalue weighted by Gasteiger charge is 2.12. The minimum Gasteiger partial charge on any atom is -0.301 e. The van der Waals surface area contributed by atoms with Crippen molar-refractivity contribution in [2.45, 2.75) is 39.7 Å². The molecule has 0 aromatic rings. The molecule has 15 heavy (non-hydrogen) atoms. The lowest BCUT2D eigenvalue weighted by Crippen LogP contribution is -2.32. The molecule has 0 amide bonds. The summed E-state index contributed by atoms with van der Waals surface area (Å²) in [6.07, 6.45) is 7.35. The van der Waals surface area contributed by atoms with E-state index in [0.717, 1.165) is 19.5 Å². The van der Waals surface area contributed by atoms with Gasteiger partial charge in [0.2, 0.25) is 0 Å². The van der Waals surface area contributed by atoms with Crippen molar-refractivity contribution < 1.29 is 4.79 Å². The fraction of sp³-hybridized carbons (Fsp3) is 0.615. The van der Waals surface area contributed by atoms with Crippen LogP contribution in [0.1, 0.15) is 33.6 Å². The number of hydrogen-bond acceptors (Lipinski definition) is 2. The first kappa shape index (κ1) is 12.2. The van der Waals surface area contributed by atoms with Crippen LogP contribution in [-0.2, 0) is 4.79 Å². The Morgan fingerprint density at radius 1 is 1.33 bits per heavy atom. The Bertz CT molecular complexity index is 274. The van der Waals surface area contributed by atoms with Crippen molar-refractivity contribution >= 4 is 5.78 Å². The van der Waals surface area contributed by atoms with Crippen molar-refractivity contribution in [2.75, 3.05) is 13.1 Å². The summed E-state index contributed by atoms with van der Waals surface area (Å²) in [6.45, 7) is 8.81. The first-order valence-corrected chi connectivity index (χ1v) is 5.81. The summed E-state index contributed by atoms with van der Waals surface area (Å²) in [5, 5.41) is 0. The van der Waals surface area contributed by atoms with Crippen LogP contribution in [0.2, 0.25) is 0 Å². The van der Waals surface area contributed by atoms with Gasteiger partial charge in [-0.15, -0.1) is 0 Å². The Balaban J connectivity index is 2.48. The second-order valence-corrected chi connectivity index (χ2v) is 4.06. The molecule has 84 valence electrons. The maximum absolute atomic E-state index is 11.0. The third-order valence-electron chi connectivity index (χ3n) is 3.02. The number of nitrogens with zero attached hydrogens (tertiary/aromatic N) is 1. The van der Waals surface area contributed by atoms with Crippen molar-refractivity contribution in [1.29, 1.82) is 0 Å². The van der Waals surface area contributed by atoms with Crippen LogP contribution < -0.4 is 0 Å². The van der Waals surface area contributed by atoms with E-state index in [1.807, 2.05) is 6.08 Å². The molecule has 0 saturated heterocycles. The lowest BCUT2D eigenvalue weighted by molar-refractivity contribution is -0.113. The normalized spacial score (nSPS) is 18.1. The molecular weight excluding hydrogens is 186 g/mol. The van der Waals surface area contributed by atoms with E-state index in [9.17, 15) is 4.79 Å². The lowest BCUT2D eigenvalue weighted by atomic mass is 9.99. The molecule has 1 atom stereocenters. The molecule has 0 saturated carbocycles. The zero-order chi connectivity index (χ0) is 11.3. The van der Waals surface area contributed by atoms with Gasteiger partial charge in [-0.05, 0) is 38.1 Å². The zero-order valence-corrected chi connectivity index (χ0v) is 9.99. The standard InChI is InChI=1S/C13H21NO/c1-4-14(5-2)11(3)10-12-6-8-13(15)9-7-12/h6-8,11H,4-5,9-10H2,1-3H3. The molecule has 0 aliphatic heterocycles. The molecule has 1 unspecified atom stereocenters. The predicted octanol–water partition coefficient (Wildman–Crippen LogP) is 2.56. The van der Waals surface area contributed by atoms with Crippen LogP contribution in [0.4, 0.5) is 0 Å². The Hall–Kier alpha value is -0.890. The average molecular weight is 207 g/mol. The minimum absolute atomic E-state index is 0.217. The van der Waals surface area contributed by atoms with Crippen molar-refractivity contribution in [2.24, 2.45) is 0 Å². The van der Waals surface area contributed by atoms with E-state index in [-0.39, 0.29) is 5.78 Å². The van der Waals surface area contributed by atoms with Crippen LogP contribution in [0.25, 0.3) is 0 Å². The van der Waals surface area contributed by atoms with Crippen LogP contribution in [0.15, 0.2) is 23.8 Å². The highest BCUT2D eigenvalue weighted by atomic mass is 16.1. The van der Waals surface area contributed by atoms with Gasteiger partial charge in [0, 0.05) is 12.5 Å². The van der Waals surface area contributed by atoms with E-state index >= 15 is 0 Å². The lowest BCUT2D eigenvalue weighted by Gasteiger charge is -2.27.